The summed E-state index contributed by atoms with van der Waals surface area (Å²) >= 11 is 3.28. The summed E-state index contributed by atoms with van der Waals surface area (Å²) in [5, 5.41) is 13.6. The number of rotatable bonds is 6. The lowest BCUT2D eigenvalue weighted by atomic mass is 10.2. The molecule has 0 atom stereocenters. The molecule has 0 aliphatic rings. The molecule has 2 rings (SSSR count). The Labute approximate surface area is 139 Å². The van der Waals surface area contributed by atoms with E-state index in [0.717, 1.165) is 10.5 Å². The van der Waals surface area contributed by atoms with Crippen LogP contribution in [0.15, 0.2) is 46.9 Å². The van der Waals surface area contributed by atoms with Crippen molar-refractivity contribution >= 4 is 39.5 Å². The molecular formula is C15H11BrN2O5. The van der Waals surface area contributed by atoms with Crippen LogP contribution in [0.4, 0.5) is 11.4 Å². The van der Waals surface area contributed by atoms with Gasteiger partial charge < -0.3 is 10.1 Å². The Balaban J connectivity index is 2.04. The lowest BCUT2D eigenvalue weighted by molar-refractivity contribution is -0.385. The highest BCUT2D eigenvalue weighted by atomic mass is 79.9. The fraction of sp³-hybridized carbons (Fsp3) is 0.0667. The van der Waals surface area contributed by atoms with Crippen LogP contribution in [0.1, 0.15) is 10.4 Å². The number of nitrogens with zero attached hydrogens (tertiary/aromatic N) is 1. The zero-order chi connectivity index (χ0) is 16.8. The summed E-state index contributed by atoms with van der Waals surface area (Å²) < 4.78 is 5.98. The van der Waals surface area contributed by atoms with Crippen LogP contribution in [0, 0.1) is 10.1 Å². The van der Waals surface area contributed by atoms with Crippen LogP contribution in [-0.4, -0.2) is 23.7 Å². The summed E-state index contributed by atoms with van der Waals surface area (Å²) in [4.78, 5) is 32.8. The molecule has 0 heterocycles. The van der Waals surface area contributed by atoms with E-state index in [-0.39, 0.29) is 17.0 Å². The van der Waals surface area contributed by atoms with Crippen LogP contribution < -0.4 is 10.1 Å². The maximum Gasteiger partial charge on any atom is 0.311 e. The predicted molar refractivity (Wildman–Crippen MR) is 86.8 cm³/mol. The van der Waals surface area contributed by atoms with Gasteiger partial charge in [0, 0.05) is 21.8 Å². The van der Waals surface area contributed by atoms with Gasteiger partial charge >= 0.3 is 5.69 Å². The molecular weight excluding hydrogens is 368 g/mol. The number of ether oxygens (including phenoxy) is 1. The molecule has 0 aliphatic carbocycles. The van der Waals surface area contributed by atoms with Gasteiger partial charge in [0.25, 0.3) is 5.91 Å². The Kier molecular flexibility index (Phi) is 5.42. The number of nitro benzene ring substituents is 1. The molecule has 0 aromatic heterocycles. The number of benzene rings is 2. The van der Waals surface area contributed by atoms with E-state index in [1.165, 1.54) is 12.1 Å². The number of anilines is 1. The lowest BCUT2D eigenvalue weighted by Gasteiger charge is -2.08. The van der Waals surface area contributed by atoms with Crippen molar-refractivity contribution in [1.82, 2.24) is 0 Å². The van der Waals surface area contributed by atoms with Crippen LogP contribution in [-0.2, 0) is 4.79 Å². The molecule has 0 saturated heterocycles. The Morgan fingerprint density at radius 2 is 2.09 bits per heavy atom. The second-order valence-corrected chi connectivity index (χ2v) is 5.36. The molecule has 0 fully saturated rings. The second-order valence-electron chi connectivity index (χ2n) is 4.45. The quantitative estimate of drug-likeness (QED) is 0.472. The van der Waals surface area contributed by atoms with Gasteiger partial charge in [-0.15, -0.1) is 0 Å². The molecule has 0 unspecified atom stereocenters. The molecule has 0 spiro atoms. The summed E-state index contributed by atoms with van der Waals surface area (Å²) in [6.07, 6.45) is 0.497. The van der Waals surface area contributed by atoms with Gasteiger partial charge in [-0.1, -0.05) is 22.0 Å². The Morgan fingerprint density at radius 3 is 2.74 bits per heavy atom. The molecule has 1 N–H and O–H groups in total. The first-order valence-corrected chi connectivity index (χ1v) is 7.20. The molecule has 23 heavy (non-hydrogen) atoms. The Bertz CT molecular complexity index is 763. The fourth-order valence-corrected chi connectivity index (χ4v) is 2.18. The molecule has 0 radical (unpaired) electrons. The molecule has 2 aromatic carbocycles. The van der Waals surface area contributed by atoms with Gasteiger partial charge in [0.2, 0.25) is 0 Å². The third kappa shape index (κ3) is 4.62. The number of hydrogen-bond donors (Lipinski definition) is 1. The van der Waals surface area contributed by atoms with Gasteiger partial charge in [0.1, 0.15) is 6.29 Å². The van der Waals surface area contributed by atoms with Crippen molar-refractivity contribution in [1.29, 1.82) is 0 Å². The average molecular weight is 379 g/mol. The molecule has 1 amide bonds. The zero-order valence-electron chi connectivity index (χ0n) is 11.7. The second kappa shape index (κ2) is 7.50. The number of nitrogens with one attached hydrogen (secondary N) is 1. The number of hydrogen-bond acceptors (Lipinski definition) is 5. The summed E-state index contributed by atoms with van der Waals surface area (Å²) in [5.74, 6) is -0.540. The van der Waals surface area contributed by atoms with Crippen molar-refractivity contribution in [3.05, 3.63) is 62.6 Å². The number of halogens is 1. The van der Waals surface area contributed by atoms with Gasteiger partial charge in [-0.05, 0) is 30.3 Å². The molecule has 0 saturated carbocycles. The van der Waals surface area contributed by atoms with Crippen LogP contribution >= 0.6 is 15.9 Å². The minimum Gasteiger partial charge on any atom is -0.477 e. The van der Waals surface area contributed by atoms with E-state index < -0.39 is 17.4 Å². The van der Waals surface area contributed by atoms with Crippen molar-refractivity contribution in [3.63, 3.8) is 0 Å². The SMILES string of the molecule is O=Cc1ccc(OCC(=O)Nc2cccc(Br)c2)c([N+](=O)[O-])c1. The summed E-state index contributed by atoms with van der Waals surface area (Å²) in [6, 6.07) is 10.7. The predicted octanol–water partition coefficient (Wildman–Crippen LogP) is 3.19. The molecule has 118 valence electrons. The van der Waals surface area contributed by atoms with Crippen LogP contribution in [0.25, 0.3) is 0 Å². The van der Waals surface area contributed by atoms with Gasteiger partial charge in [0.15, 0.2) is 12.4 Å². The highest BCUT2D eigenvalue weighted by molar-refractivity contribution is 9.10. The van der Waals surface area contributed by atoms with Crippen LogP contribution in [0.5, 0.6) is 5.75 Å². The van der Waals surface area contributed by atoms with E-state index in [0.29, 0.717) is 12.0 Å². The largest absolute Gasteiger partial charge is 0.477 e. The maximum absolute atomic E-state index is 11.8. The van der Waals surface area contributed by atoms with Crippen molar-refractivity contribution in [3.8, 4) is 5.75 Å². The number of amides is 1. The first-order valence-electron chi connectivity index (χ1n) is 6.41. The highest BCUT2D eigenvalue weighted by Gasteiger charge is 2.17. The lowest BCUT2D eigenvalue weighted by Crippen LogP contribution is -2.20. The average Bonchev–Trinajstić information content (AvgIpc) is 2.52. The third-order valence-electron chi connectivity index (χ3n) is 2.78. The van der Waals surface area contributed by atoms with Crippen molar-refractivity contribution in [2.45, 2.75) is 0 Å². The van der Waals surface area contributed by atoms with E-state index in [1.54, 1.807) is 18.2 Å². The van der Waals surface area contributed by atoms with Crippen molar-refractivity contribution in [2.75, 3.05) is 11.9 Å². The van der Waals surface area contributed by atoms with Gasteiger partial charge in [-0.3, -0.25) is 19.7 Å². The standard InChI is InChI=1S/C15H11BrN2O5/c16-11-2-1-3-12(7-11)17-15(20)9-23-14-5-4-10(8-19)6-13(14)18(21)22/h1-8H,9H2,(H,17,20). The first kappa shape index (κ1) is 16.6. The number of carbonyl (C=O) groups is 2. The minimum absolute atomic E-state index is 0.0787. The molecule has 0 aliphatic heterocycles. The van der Waals surface area contributed by atoms with Gasteiger partial charge in [-0.2, -0.15) is 0 Å². The van der Waals surface area contributed by atoms with E-state index >= 15 is 0 Å². The molecule has 7 nitrogen and oxygen atoms in total. The number of nitro groups is 1. The summed E-state index contributed by atoms with van der Waals surface area (Å²) in [6.45, 7) is -0.395. The Hall–Kier alpha value is -2.74. The van der Waals surface area contributed by atoms with Crippen molar-refractivity contribution in [2.24, 2.45) is 0 Å². The fourth-order valence-electron chi connectivity index (χ4n) is 1.78. The smallest absolute Gasteiger partial charge is 0.311 e. The van der Waals surface area contributed by atoms with Gasteiger partial charge in [0.05, 0.1) is 4.92 Å². The van der Waals surface area contributed by atoms with Crippen LogP contribution in [0.2, 0.25) is 0 Å². The minimum atomic E-state index is -0.672. The number of carbonyl (C=O) groups excluding carboxylic acids is 2. The number of aldehydes is 1. The monoisotopic (exact) mass is 378 g/mol. The van der Waals surface area contributed by atoms with Crippen LogP contribution in [0.3, 0.4) is 0 Å². The molecule has 0 bridgehead atoms. The Morgan fingerprint density at radius 1 is 1.30 bits per heavy atom. The zero-order valence-corrected chi connectivity index (χ0v) is 13.3. The van der Waals surface area contributed by atoms with Gasteiger partial charge in [-0.25, -0.2) is 0 Å². The van der Waals surface area contributed by atoms with E-state index in [4.69, 9.17) is 4.74 Å². The first-order chi connectivity index (χ1) is 11.0. The molecule has 8 heteroatoms. The third-order valence-corrected chi connectivity index (χ3v) is 3.28. The maximum atomic E-state index is 11.8. The van der Waals surface area contributed by atoms with Crippen molar-refractivity contribution < 1.29 is 19.2 Å². The molecule has 2 aromatic rings. The summed E-state index contributed by atoms with van der Waals surface area (Å²) in [5.41, 5.74) is 0.353. The van der Waals surface area contributed by atoms with E-state index in [1.807, 2.05) is 6.07 Å². The topological polar surface area (TPSA) is 98.5 Å². The van der Waals surface area contributed by atoms with E-state index in [9.17, 15) is 19.7 Å². The summed E-state index contributed by atoms with van der Waals surface area (Å²) in [7, 11) is 0. The van der Waals surface area contributed by atoms with E-state index in [2.05, 4.69) is 21.2 Å². The normalized spacial score (nSPS) is 9.96. The highest BCUT2D eigenvalue weighted by Crippen LogP contribution is 2.27.